The number of nitrogens with two attached hydrogens (primary N) is 1. The topological polar surface area (TPSA) is 58.4 Å². The van der Waals surface area contributed by atoms with Crippen molar-refractivity contribution in [2.45, 2.75) is 6.54 Å². The molecule has 0 heterocycles. The molecule has 26 heavy (non-hydrogen) atoms. The second-order valence-corrected chi connectivity index (χ2v) is 5.90. The van der Waals surface area contributed by atoms with E-state index in [9.17, 15) is 4.79 Å². The van der Waals surface area contributed by atoms with Crippen LogP contribution in [0.5, 0.6) is 0 Å². The molecule has 0 saturated carbocycles. The predicted molar refractivity (Wildman–Crippen MR) is 106 cm³/mol. The Bertz CT molecular complexity index is 874. The summed E-state index contributed by atoms with van der Waals surface area (Å²) in [6, 6.07) is 27.6. The summed E-state index contributed by atoms with van der Waals surface area (Å²) in [5.41, 5.74) is 6.79. The van der Waals surface area contributed by atoms with Gasteiger partial charge in [0, 0.05) is 23.5 Å². The first-order chi connectivity index (χ1) is 12.7. The van der Waals surface area contributed by atoms with Crippen LogP contribution in [0.2, 0.25) is 0 Å². The minimum Gasteiger partial charge on any atom is -0.337 e. The van der Waals surface area contributed by atoms with Gasteiger partial charge in [0.2, 0.25) is 0 Å². The van der Waals surface area contributed by atoms with Gasteiger partial charge in [-0.25, -0.2) is 5.84 Å². The van der Waals surface area contributed by atoms with Crippen LogP contribution in [0.15, 0.2) is 91.5 Å². The quantitative estimate of drug-likeness (QED) is 0.404. The van der Waals surface area contributed by atoms with Crippen molar-refractivity contribution in [2.75, 3.05) is 4.90 Å². The third-order valence-electron chi connectivity index (χ3n) is 4.19. The zero-order valence-electron chi connectivity index (χ0n) is 14.4. The Balaban J connectivity index is 1.89. The van der Waals surface area contributed by atoms with Crippen molar-refractivity contribution in [3.8, 4) is 0 Å². The zero-order valence-corrected chi connectivity index (χ0v) is 14.4. The van der Waals surface area contributed by atoms with Crippen LogP contribution in [0.4, 0.5) is 5.69 Å². The molecule has 0 spiro atoms. The lowest BCUT2D eigenvalue weighted by Crippen LogP contribution is -2.29. The van der Waals surface area contributed by atoms with E-state index < -0.39 is 0 Å². The summed E-state index contributed by atoms with van der Waals surface area (Å²) in [5, 5.41) is 0. The van der Waals surface area contributed by atoms with Gasteiger partial charge in [0.1, 0.15) is 0 Å². The van der Waals surface area contributed by atoms with Crippen molar-refractivity contribution >= 4 is 17.3 Å². The van der Waals surface area contributed by atoms with Crippen molar-refractivity contribution in [1.29, 1.82) is 0 Å². The predicted octanol–water partition coefficient (Wildman–Crippen LogP) is 3.97. The number of hydrazine groups is 1. The molecule has 0 saturated heterocycles. The fourth-order valence-electron chi connectivity index (χ4n) is 2.76. The number of hydrogen-bond acceptors (Lipinski definition) is 3. The number of nitrogens with zero attached hydrogens (tertiary/aromatic N) is 1. The first kappa shape index (κ1) is 17.5. The standard InChI is InChI=1S/C22H21N3O/c1-17(19-8-4-2-5-9-19)25(21-10-6-3-7-11-21)16-18-12-14-20(15-13-18)22(26)24-23/h2-15H,1,16,23H2,(H,24,26). The van der Waals surface area contributed by atoms with E-state index in [1.54, 1.807) is 12.1 Å². The summed E-state index contributed by atoms with van der Waals surface area (Å²) in [6.45, 7) is 4.94. The number of anilines is 1. The molecule has 1 amide bonds. The number of nitrogens with one attached hydrogen (secondary N) is 1. The van der Waals surface area contributed by atoms with Crippen LogP contribution in [0.3, 0.4) is 0 Å². The van der Waals surface area contributed by atoms with E-state index in [-0.39, 0.29) is 5.91 Å². The fraction of sp³-hybridized carbons (Fsp3) is 0.0455. The smallest absolute Gasteiger partial charge is 0.265 e. The van der Waals surface area contributed by atoms with Crippen LogP contribution in [0.25, 0.3) is 5.70 Å². The van der Waals surface area contributed by atoms with E-state index in [0.717, 1.165) is 22.5 Å². The summed E-state index contributed by atoms with van der Waals surface area (Å²) in [6.07, 6.45) is 0. The molecule has 0 aliphatic heterocycles. The Labute approximate surface area is 153 Å². The molecule has 3 rings (SSSR count). The molecule has 3 N–H and O–H groups in total. The summed E-state index contributed by atoms with van der Waals surface area (Å²) in [7, 11) is 0. The van der Waals surface area contributed by atoms with Gasteiger partial charge >= 0.3 is 0 Å². The molecule has 0 radical (unpaired) electrons. The highest BCUT2D eigenvalue weighted by molar-refractivity contribution is 5.93. The van der Waals surface area contributed by atoms with E-state index in [0.29, 0.717) is 12.1 Å². The molecule has 3 aromatic rings. The van der Waals surface area contributed by atoms with Gasteiger partial charge in [-0.05, 0) is 35.4 Å². The maximum Gasteiger partial charge on any atom is 0.265 e. The molecule has 0 atom stereocenters. The van der Waals surface area contributed by atoms with E-state index in [4.69, 9.17) is 5.84 Å². The highest BCUT2D eigenvalue weighted by Crippen LogP contribution is 2.27. The lowest BCUT2D eigenvalue weighted by molar-refractivity contribution is 0.0953. The molecule has 130 valence electrons. The Morgan fingerprint density at radius 3 is 2.00 bits per heavy atom. The van der Waals surface area contributed by atoms with E-state index in [2.05, 4.69) is 29.0 Å². The highest BCUT2D eigenvalue weighted by Gasteiger charge is 2.13. The molecule has 0 fully saturated rings. The third-order valence-corrected chi connectivity index (χ3v) is 4.19. The van der Waals surface area contributed by atoms with E-state index in [1.165, 1.54) is 0 Å². The Hall–Kier alpha value is -3.37. The van der Waals surface area contributed by atoms with Gasteiger partial charge in [-0.15, -0.1) is 0 Å². The van der Waals surface area contributed by atoms with Crippen LogP contribution < -0.4 is 16.2 Å². The molecule has 4 nitrogen and oxygen atoms in total. The van der Waals surface area contributed by atoms with Gasteiger partial charge < -0.3 is 4.90 Å². The Morgan fingerprint density at radius 1 is 0.846 bits per heavy atom. The molecule has 0 bridgehead atoms. The highest BCUT2D eigenvalue weighted by atomic mass is 16.2. The van der Waals surface area contributed by atoms with E-state index >= 15 is 0 Å². The van der Waals surface area contributed by atoms with Crippen LogP contribution in [-0.2, 0) is 6.54 Å². The lowest BCUT2D eigenvalue weighted by Gasteiger charge is -2.27. The van der Waals surface area contributed by atoms with Crippen molar-refractivity contribution in [2.24, 2.45) is 5.84 Å². The number of para-hydroxylation sites is 1. The summed E-state index contributed by atoms with van der Waals surface area (Å²) >= 11 is 0. The van der Waals surface area contributed by atoms with Crippen molar-refractivity contribution in [3.63, 3.8) is 0 Å². The maximum absolute atomic E-state index is 11.6. The monoisotopic (exact) mass is 343 g/mol. The maximum atomic E-state index is 11.6. The molecule has 0 aromatic heterocycles. The third kappa shape index (κ3) is 3.99. The summed E-state index contributed by atoms with van der Waals surface area (Å²) < 4.78 is 0. The Kier molecular flexibility index (Phi) is 5.46. The number of carbonyl (C=O) groups excluding carboxylic acids is 1. The van der Waals surface area contributed by atoms with Gasteiger partial charge in [-0.1, -0.05) is 67.2 Å². The number of rotatable bonds is 6. The van der Waals surface area contributed by atoms with Crippen molar-refractivity contribution in [1.82, 2.24) is 5.43 Å². The molecule has 0 aliphatic carbocycles. The van der Waals surface area contributed by atoms with Crippen LogP contribution >= 0.6 is 0 Å². The molecule has 4 heteroatoms. The lowest BCUT2D eigenvalue weighted by atomic mass is 10.1. The van der Waals surface area contributed by atoms with Crippen molar-refractivity contribution in [3.05, 3.63) is 108 Å². The van der Waals surface area contributed by atoms with E-state index in [1.807, 2.05) is 60.7 Å². The zero-order chi connectivity index (χ0) is 18.4. The number of benzene rings is 3. The Morgan fingerprint density at radius 2 is 1.42 bits per heavy atom. The van der Waals surface area contributed by atoms with Gasteiger partial charge in [-0.2, -0.15) is 0 Å². The van der Waals surface area contributed by atoms with Crippen LogP contribution in [0.1, 0.15) is 21.5 Å². The largest absolute Gasteiger partial charge is 0.337 e. The minimum atomic E-state index is -0.301. The average Bonchev–Trinajstić information content (AvgIpc) is 2.72. The van der Waals surface area contributed by atoms with Gasteiger partial charge in [-0.3, -0.25) is 10.2 Å². The fourth-order valence-corrected chi connectivity index (χ4v) is 2.76. The van der Waals surface area contributed by atoms with Gasteiger partial charge in [0.05, 0.1) is 0 Å². The molecular weight excluding hydrogens is 322 g/mol. The second-order valence-electron chi connectivity index (χ2n) is 5.90. The molecular formula is C22H21N3O. The first-order valence-corrected chi connectivity index (χ1v) is 8.36. The van der Waals surface area contributed by atoms with Crippen molar-refractivity contribution < 1.29 is 4.79 Å². The summed E-state index contributed by atoms with van der Waals surface area (Å²) in [4.78, 5) is 13.8. The number of hydrogen-bond donors (Lipinski definition) is 2. The second kappa shape index (κ2) is 8.14. The number of amides is 1. The normalized spacial score (nSPS) is 10.2. The molecule has 0 unspecified atom stereocenters. The minimum absolute atomic E-state index is 0.301. The number of carbonyl (C=O) groups is 1. The van der Waals surface area contributed by atoms with Gasteiger partial charge in [0.15, 0.2) is 0 Å². The molecule has 0 aliphatic rings. The first-order valence-electron chi connectivity index (χ1n) is 8.36. The number of nitrogen functional groups attached to an aromatic ring is 1. The van der Waals surface area contributed by atoms with Gasteiger partial charge in [0.25, 0.3) is 5.91 Å². The van der Waals surface area contributed by atoms with Crippen LogP contribution in [0, 0.1) is 0 Å². The van der Waals surface area contributed by atoms with Crippen LogP contribution in [-0.4, -0.2) is 5.91 Å². The SMILES string of the molecule is C=C(c1ccccc1)N(Cc1ccc(C(=O)NN)cc1)c1ccccc1. The average molecular weight is 343 g/mol. The summed E-state index contributed by atoms with van der Waals surface area (Å²) in [5.74, 6) is 4.88. The molecule has 3 aromatic carbocycles.